The Labute approximate surface area is 184 Å². The second kappa shape index (κ2) is 9.39. The lowest BCUT2D eigenvalue weighted by Crippen LogP contribution is -2.50. The van der Waals surface area contributed by atoms with Gasteiger partial charge in [0.05, 0.1) is 0 Å². The monoisotopic (exact) mass is 426 g/mol. The number of rotatable bonds is 6. The number of imide groups is 1. The summed E-state index contributed by atoms with van der Waals surface area (Å²) in [7, 11) is 0. The van der Waals surface area contributed by atoms with Gasteiger partial charge in [0.15, 0.2) is 0 Å². The Hall–Kier alpha value is -2.41. The Kier molecular flexibility index (Phi) is 6.60. The smallest absolute Gasteiger partial charge is 0.325 e. The van der Waals surface area contributed by atoms with Crippen LogP contribution in [0.15, 0.2) is 30.3 Å². The molecule has 4 rings (SSSR count). The lowest BCUT2D eigenvalue weighted by atomic mass is 9.77. The Morgan fingerprint density at radius 3 is 2.61 bits per heavy atom. The van der Waals surface area contributed by atoms with E-state index in [9.17, 15) is 14.4 Å². The quantitative estimate of drug-likeness (QED) is 0.686. The predicted molar refractivity (Wildman–Crippen MR) is 118 cm³/mol. The third kappa shape index (κ3) is 4.92. The van der Waals surface area contributed by atoms with Gasteiger partial charge >= 0.3 is 6.03 Å². The van der Waals surface area contributed by atoms with Gasteiger partial charge in [-0.2, -0.15) is 0 Å². The summed E-state index contributed by atoms with van der Waals surface area (Å²) in [6, 6.07) is 10.2. The SMILES string of the molecule is CC1CCC2(CC1)NC(=O)N(CC(=O)NCC1CCCCN1Cc1ccccc1)C2=O. The van der Waals surface area contributed by atoms with Crippen molar-refractivity contribution in [3.05, 3.63) is 35.9 Å². The fourth-order valence-corrected chi connectivity index (χ4v) is 5.16. The van der Waals surface area contributed by atoms with Crippen molar-refractivity contribution in [2.24, 2.45) is 5.92 Å². The fraction of sp³-hybridized carbons (Fsp3) is 0.625. The zero-order chi connectivity index (χ0) is 21.8. The van der Waals surface area contributed by atoms with Gasteiger partial charge in [-0.15, -0.1) is 0 Å². The molecule has 3 fully saturated rings. The highest BCUT2D eigenvalue weighted by Gasteiger charge is 2.52. The first kappa shape index (κ1) is 21.8. The summed E-state index contributed by atoms with van der Waals surface area (Å²) in [5.41, 5.74) is 0.479. The molecule has 0 bridgehead atoms. The van der Waals surface area contributed by atoms with Gasteiger partial charge in [-0.3, -0.25) is 19.4 Å². The van der Waals surface area contributed by atoms with Crippen LogP contribution in [0.25, 0.3) is 0 Å². The average molecular weight is 427 g/mol. The number of carbonyl (C=O) groups is 3. The minimum atomic E-state index is -0.792. The molecular weight excluding hydrogens is 392 g/mol. The van der Waals surface area contributed by atoms with Crippen LogP contribution in [0.3, 0.4) is 0 Å². The lowest BCUT2D eigenvalue weighted by molar-refractivity contribution is -0.136. The molecule has 7 nitrogen and oxygen atoms in total. The molecule has 1 saturated carbocycles. The van der Waals surface area contributed by atoms with E-state index in [0.717, 1.165) is 43.7 Å². The van der Waals surface area contributed by atoms with Gasteiger partial charge in [0, 0.05) is 19.1 Å². The van der Waals surface area contributed by atoms with Crippen molar-refractivity contribution in [2.75, 3.05) is 19.6 Å². The molecule has 2 saturated heterocycles. The van der Waals surface area contributed by atoms with Crippen LogP contribution >= 0.6 is 0 Å². The normalized spacial score (nSPS) is 29.3. The first-order valence-electron chi connectivity index (χ1n) is 11.7. The highest BCUT2D eigenvalue weighted by atomic mass is 16.2. The van der Waals surface area contributed by atoms with E-state index in [-0.39, 0.29) is 24.4 Å². The molecule has 4 amide bonds. The van der Waals surface area contributed by atoms with E-state index in [0.29, 0.717) is 25.3 Å². The minimum Gasteiger partial charge on any atom is -0.353 e. The first-order valence-corrected chi connectivity index (χ1v) is 11.7. The van der Waals surface area contributed by atoms with E-state index < -0.39 is 11.6 Å². The van der Waals surface area contributed by atoms with Crippen molar-refractivity contribution < 1.29 is 14.4 Å². The highest BCUT2D eigenvalue weighted by molar-refractivity contribution is 6.09. The third-order valence-electron chi connectivity index (χ3n) is 7.19. The molecule has 1 aromatic carbocycles. The zero-order valence-corrected chi connectivity index (χ0v) is 18.4. The summed E-state index contributed by atoms with van der Waals surface area (Å²) in [6.45, 7) is 4.40. The van der Waals surface area contributed by atoms with Crippen LogP contribution in [0.4, 0.5) is 4.79 Å². The first-order chi connectivity index (χ1) is 15.0. The zero-order valence-electron chi connectivity index (χ0n) is 18.4. The third-order valence-corrected chi connectivity index (χ3v) is 7.19. The standard InChI is InChI=1S/C24H34N4O3/c1-18-10-12-24(13-11-18)22(30)28(23(31)26-24)17-21(29)25-15-20-9-5-6-14-27(20)16-19-7-3-2-4-8-19/h2-4,7-8,18,20H,5-6,9-17H2,1H3,(H,25,29)(H,26,31). The van der Waals surface area contributed by atoms with Gasteiger partial charge in [0.25, 0.3) is 5.91 Å². The molecule has 1 aliphatic carbocycles. The van der Waals surface area contributed by atoms with E-state index >= 15 is 0 Å². The van der Waals surface area contributed by atoms with Crippen molar-refractivity contribution >= 4 is 17.8 Å². The number of urea groups is 1. The van der Waals surface area contributed by atoms with E-state index in [1.165, 1.54) is 12.0 Å². The molecule has 1 aromatic rings. The van der Waals surface area contributed by atoms with Crippen LogP contribution in [0.1, 0.15) is 57.4 Å². The topological polar surface area (TPSA) is 81.8 Å². The summed E-state index contributed by atoms with van der Waals surface area (Å²) in [4.78, 5) is 41.5. The van der Waals surface area contributed by atoms with E-state index in [1.54, 1.807) is 0 Å². The van der Waals surface area contributed by atoms with Gasteiger partial charge < -0.3 is 10.6 Å². The average Bonchev–Trinajstić information content (AvgIpc) is 3.00. The Morgan fingerprint density at radius 1 is 1.13 bits per heavy atom. The number of carbonyl (C=O) groups excluding carboxylic acids is 3. The van der Waals surface area contributed by atoms with Gasteiger partial charge in [0.2, 0.25) is 5.91 Å². The maximum atomic E-state index is 13.0. The molecule has 1 atom stereocenters. The van der Waals surface area contributed by atoms with Crippen LogP contribution in [-0.4, -0.2) is 58.9 Å². The van der Waals surface area contributed by atoms with Gasteiger partial charge in [-0.05, 0) is 56.6 Å². The van der Waals surface area contributed by atoms with E-state index in [4.69, 9.17) is 0 Å². The number of nitrogens with zero attached hydrogens (tertiary/aromatic N) is 2. The van der Waals surface area contributed by atoms with Crippen LogP contribution < -0.4 is 10.6 Å². The molecule has 0 radical (unpaired) electrons. The molecule has 3 aliphatic rings. The summed E-state index contributed by atoms with van der Waals surface area (Å²) >= 11 is 0. The molecule has 0 aromatic heterocycles. The van der Waals surface area contributed by atoms with Crippen LogP contribution in [0.5, 0.6) is 0 Å². The number of amides is 4. The Bertz CT molecular complexity index is 804. The molecule has 31 heavy (non-hydrogen) atoms. The number of likely N-dealkylation sites (tertiary alicyclic amines) is 1. The van der Waals surface area contributed by atoms with Crippen LogP contribution in [-0.2, 0) is 16.1 Å². The molecule has 2 N–H and O–H groups in total. The predicted octanol–water partition coefficient (Wildman–Crippen LogP) is 2.66. The van der Waals surface area contributed by atoms with Crippen molar-refractivity contribution in [1.82, 2.24) is 20.4 Å². The fourth-order valence-electron chi connectivity index (χ4n) is 5.16. The number of benzene rings is 1. The molecule has 1 unspecified atom stereocenters. The van der Waals surface area contributed by atoms with Gasteiger partial charge in [0.1, 0.15) is 12.1 Å². The Morgan fingerprint density at radius 2 is 1.87 bits per heavy atom. The van der Waals surface area contributed by atoms with Crippen molar-refractivity contribution in [3.63, 3.8) is 0 Å². The van der Waals surface area contributed by atoms with Gasteiger partial charge in [-0.1, -0.05) is 43.7 Å². The highest BCUT2D eigenvalue weighted by Crippen LogP contribution is 2.36. The number of nitrogens with one attached hydrogen (secondary N) is 2. The molecule has 2 aliphatic heterocycles. The summed E-state index contributed by atoms with van der Waals surface area (Å²) in [5, 5.41) is 5.86. The number of hydrogen-bond acceptors (Lipinski definition) is 4. The molecule has 2 heterocycles. The molecule has 168 valence electrons. The maximum absolute atomic E-state index is 13.0. The van der Waals surface area contributed by atoms with Crippen LogP contribution in [0, 0.1) is 5.92 Å². The van der Waals surface area contributed by atoms with E-state index in [1.807, 2.05) is 18.2 Å². The molecule has 1 spiro atoms. The second-order valence-corrected chi connectivity index (χ2v) is 9.50. The Balaban J connectivity index is 1.30. The van der Waals surface area contributed by atoms with Crippen molar-refractivity contribution in [1.29, 1.82) is 0 Å². The molecular formula is C24H34N4O3. The summed E-state index contributed by atoms with van der Waals surface area (Å²) in [5.74, 6) is 0.0693. The van der Waals surface area contributed by atoms with Crippen molar-refractivity contribution in [3.8, 4) is 0 Å². The van der Waals surface area contributed by atoms with Gasteiger partial charge in [-0.25, -0.2) is 4.79 Å². The number of piperidine rings is 1. The minimum absolute atomic E-state index is 0.201. The van der Waals surface area contributed by atoms with Crippen molar-refractivity contribution in [2.45, 2.75) is 70.0 Å². The van der Waals surface area contributed by atoms with E-state index in [2.05, 4.69) is 34.6 Å². The molecule has 7 heteroatoms. The number of hydrogen-bond donors (Lipinski definition) is 2. The van der Waals surface area contributed by atoms with Crippen LogP contribution in [0.2, 0.25) is 0 Å². The lowest BCUT2D eigenvalue weighted by Gasteiger charge is -2.36. The summed E-state index contributed by atoms with van der Waals surface area (Å²) in [6.07, 6.45) is 6.52. The second-order valence-electron chi connectivity index (χ2n) is 9.50. The summed E-state index contributed by atoms with van der Waals surface area (Å²) < 4.78 is 0. The largest absolute Gasteiger partial charge is 0.353 e. The maximum Gasteiger partial charge on any atom is 0.325 e.